The van der Waals surface area contributed by atoms with Gasteiger partial charge in [0.2, 0.25) is 0 Å². The Morgan fingerprint density at radius 1 is 1.11 bits per heavy atom. The van der Waals surface area contributed by atoms with Crippen LogP contribution in [0.4, 0.5) is 38.7 Å². The second kappa shape index (κ2) is 12.5. The van der Waals surface area contributed by atoms with Gasteiger partial charge in [0.15, 0.2) is 5.82 Å². The molecule has 0 bridgehead atoms. The van der Waals surface area contributed by atoms with Crippen LogP contribution in [0.25, 0.3) is 5.52 Å². The smallest absolute Gasteiger partial charge is 0.416 e. The fourth-order valence-corrected chi connectivity index (χ4v) is 5.99. The Balaban J connectivity index is 1.34. The maximum atomic E-state index is 14.2. The number of carbonyl (C=O) groups excluding carboxylic acids is 2. The number of nitrogens with zero attached hydrogens (tertiary/aromatic N) is 4. The normalized spacial score (nSPS) is 19.5. The van der Waals surface area contributed by atoms with Crippen LogP contribution in [0, 0.1) is 11.7 Å². The van der Waals surface area contributed by atoms with Gasteiger partial charge in [-0.15, -0.1) is 0 Å². The van der Waals surface area contributed by atoms with Crippen molar-refractivity contribution in [1.82, 2.24) is 24.8 Å². The Bertz CT molecular complexity index is 1720. The number of hydrogen-bond acceptors (Lipinski definition) is 6. The monoisotopic (exact) mass is 663 g/mol. The molecule has 3 amide bonds. The molecule has 15 heteroatoms. The number of rotatable bonds is 4. The zero-order chi connectivity index (χ0) is 33.6. The first-order valence-electron chi connectivity index (χ1n) is 14.7. The van der Waals surface area contributed by atoms with Crippen LogP contribution in [0.1, 0.15) is 69.2 Å². The number of ether oxygens (including phenoxy) is 1. The minimum Gasteiger partial charge on any atom is -0.444 e. The van der Waals surface area contributed by atoms with Crippen molar-refractivity contribution in [3.63, 3.8) is 0 Å². The molecule has 10 nitrogen and oxygen atoms in total. The third kappa shape index (κ3) is 6.91. The molecule has 246 valence electrons. The first-order valence-corrected chi connectivity index (χ1v) is 15.0. The summed E-state index contributed by atoms with van der Waals surface area (Å²) in [6, 6.07) is 2.79. The van der Waals surface area contributed by atoms with Gasteiger partial charge in [-0.05, 0) is 69.5 Å². The predicted molar refractivity (Wildman–Crippen MR) is 165 cm³/mol. The van der Waals surface area contributed by atoms with Gasteiger partial charge in [-0.2, -0.15) is 18.3 Å². The van der Waals surface area contributed by atoms with Gasteiger partial charge in [0.25, 0.3) is 0 Å². The molecule has 2 aromatic heterocycles. The van der Waals surface area contributed by atoms with Crippen LogP contribution in [0.15, 0.2) is 53.5 Å². The first-order chi connectivity index (χ1) is 21.5. The second-order valence-electron chi connectivity index (χ2n) is 12.4. The van der Waals surface area contributed by atoms with E-state index in [0.717, 1.165) is 11.3 Å². The quantitative estimate of drug-likeness (QED) is 0.255. The van der Waals surface area contributed by atoms with E-state index in [0.29, 0.717) is 49.6 Å². The Morgan fingerprint density at radius 2 is 1.80 bits per heavy atom. The molecule has 1 aliphatic heterocycles. The van der Waals surface area contributed by atoms with Crippen LogP contribution in [-0.2, 0) is 10.9 Å². The Hall–Kier alpha value is -4.33. The van der Waals surface area contributed by atoms with Gasteiger partial charge in [0.05, 0.1) is 16.9 Å². The first kappa shape index (κ1) is 33.0. The number of likely N-dealkylation sites (tertiary alicyclic amines) is 1. The number of piperidine rings is 1. The van der Waals surface area contributed by atoms with Crippen LogP contribution in [0.3, 0.4) is 0 Å². The van der Waals surface area contributed by atoms with Crippen LogP contribution >= 0.6 is 11.6 Å². The number of fused-ring (bicyclic) bond motifs is 1. The van der Waals surface area contributed by atoms with Crippen LogP contribution in [-0.4, -0.2) is 50.3 Å². The molecular weight excluding hydrogens is 630 g/mol. The maximum Gasteiger partial charge on any atom is 0.416 e. The minimum atomic E-state index is -4.71. The lowest BCUT2D eigenvalue weighted by Crippen LogP contribution is -2.41. The zero-order valence-electron chi connectivity index (χ0n) is 25.6. The fourth-order valence-electron chi connectivity index (χ4n) is 5.75. The molecule has 0 radical (unpaired) electrons. The van der Waals surface area contributed by atoms with E-state index in [2.05, 4.69) is 20.7 Å². The number of hydrogen-bond donors (Lipinski definition) is 3. The van der Waals surface area contributed by atoms with Crippen molar-refractivity contribution in [2.45, 2.75) is 64.1 Å². The highest BCUT2D eigenvalue weighted by Crippen LogP contribution is 2.43. The van der Waals surface area contributed by atoms with Gasteiger partial charge < -0.3 is 26.0 Å². The summed E-state index contributed by atoms with van der Waals surface area (Å²) in [6.07, 6.45) is 1.09. The van der Waals surface area contributed by atoms with Crippen LogP contribution in [0.2, 0.25) is 0 Å². The Morgan fingerprint density at radius 3 is 2.46 bits per heavy atom. The van der Waals surface area contributed by atoms with E-state index in [1.54, 1.807) is 15.5 Å². The molecule has 1 aliphatic carbocycles. The number of nitrogen functional groups attached to an aromatic ring is 1. The summed E-state index contributed by atoms with van der Waals surface area (Å²) in [6.45, 7) is 8.36. The number of urea groups is 1. The molecule has 2 unspecified atom stereocenters. The lowest BCUT2D eigenvalue weighted by molar-refractivity contribution is -0.137. The molecule has 5 rings (SSSR count). The molecule has 46 heavy (non-hydrogen) atoms. The number of nitrogens with two attached hydrogens (primary N) is 1. The van der Waals surface area contributed by atoms with E-state index in [9.17, 15) is 27.2 Å². The summed E-state index contributed by atoms with van der Waals surface area (Å²) in [5, 5.41) is 9.38. The average Bonchev–Trinajstić information content (AvgIpc) is 3.36. The van der Waals surface area contributed by atoms with E-state index in [4.69, 9.17) is 22.1 Å². The number of allylic oxidation sites excluding steroid dienone is 3. The number of benzene rings is 1. The van der Waals surface area contributed by atoms with E-state index in [1.807, 2.05) is 39.8 Å². The SMILES string of the molecule is CC1C(Cl)=C(NC(=O)Nc2cc(C(F)(F)F)ccc2F)C=CC1c1cc(C2CCN(C(=O)OC(C)(C)C)CC2)n2ncnc(N)c12. The zero-order valence-corrected chi connectivity index (χ0v) is 26.3. The molecule has 0 saturated carbocycles. The highest BCUT2D eigenvalue weighted by Gasteiger charge is 2.34. The lowest BCUT2D eigenvalue weighted by atomic mass is 9.83. The molecule has 1 saturated heterocycles. The molecular formula is C31H34ClF4N7O3. The maximum absolute atomic E-state index is 14.2. The number of carbonyl (C=O) groups is 2. The summed E-state index contributed by atoms with van der Waals surface area (Å²) in [7, 11) is 0. The summed E-state index contributed by atoms with van der Waals surface area (Å²) >= 11 is 6.72. The van der Waals surface area contributed by atoms with Crippen molar-refractivity contribution >= 4 is 40.7 Å². The molecule has 3 heterocycles. The van der Waals surface area contributed by atoms with Crippen molar-refractivity contribution in [2.75, 3.05) is 24.1 Å². The summed E-state index contributed by atoms with van der Waals surface area (Å²) in [4.78, 5) is 31.2. The van der Waals surface area contributed by atoms with Gasteiger partial charge in [0, 0.05) is 41.6 Å². The molecule has 4 N–H and O–H groups in total. The summed E-state index contributed by atoms with van der Waals surface area (Å²) in [5.41, 5.74) is 6.58. The van der Waals surface area contributed by atoms with Gasteiger partial charge in [-0.25, -0.2) is 23.5 Å². The van der Waals surface area contributed by atoms with E-state index >= 15 is 0 Å². The lowest BCUT2D eigenvalue weighted by Gasteiger charge is -2.33. The molecule has 1 aromatic carbocycles. The number of halogens is 5. The van der Waals surface area contributed by atoms with Crippen LogP contribution < -0.4 is 16.4 Å². The van der Waals surface area contributed by atoms with E-state index in [-0.39, 0.29) is 40.4 Å². The molecule has 2 aliphatic rings. The van der Waals surface area contributed by atoms with Crippen LogP contribution in [0.5, 0.6) is 0 Å². The molecule has 3 aromatic rings. The number of aromatic nitrogens is 3. The highest BCUT2D eigenvalue weighted by molar-refractivity contribution is 6.30. The van der Waals surface area contributed by atoms with Crippen molar-refractivity contribution in [3.8, 4) is 0 Å². The average molecular weight is 664 g/mol. The predicted octanol–water partition coefficient (Wildman–Crippen LogP) is 7.15. The van der Waals surface area contributed by atoms with Crippen molar-refractivity contribution < 1.29 is 31.9 Å². The number of alkyl halides is 3. The Labute approximate surface area is 267 Å². The molecule has 2 atom stereocenters. The van der Waals surface area contributed by atoms with Crippen molar-refractivity contribution in [2.24, 2.45) is 5.92 Å². The molecule has 1 fully saturated rings. The minimum absolute atomic E-state index is 0.0697. The summed E-state index contributed by atoms with van der Waals surface area (Å²) in [5.74, 6) is -1.36. The largest absolute Gasteiger partial charge is 0.444 e. The Kier molecular flexibility index (Phi) is 8.95. The van der Waals surface area contributed by atoms with Crippen molar-refractivity contribution in [3.05, 3.63) is 76.1 Å². The molecule has 0 spiro atoms. The van der Waals surface area contributed by atoms with E-state index < -0.39 is 34.9 Å². The second-order valence-corrected chi connectivity index (χ2v) is 12.8. The standard InChI is InChI=1S/C31H34ClF4N7O3/c1-16-19(6-8-22(25(16)32)40-28(44)41-23-13-18(31(34,35)36)5-7-21(23)33)20-14-24(43-26(20)27(37)38-15-39-43)17-9-11-42(12-10-17)29(45)46-30(2,3)4/h5-8,13-17,19H,9-12H2,1-4H3,(H2,37,38,39)(H2,40,41,44). The topological polar surface area (TPSA) is 127 Å². The van der Waals surface area contributed by atoms with Crippen molar-refractivity contribution in [1.29, 1.82) is 0 Å². The number of amides is 3. The third-order valence-corrected chi connectivity index (χ3v) is 8.57. The number of nitrogens with one attached hydrogen (secondary N) is 2. The fraction of sp³-hybridized carbons (Fsp3) is 0.419. The number of anilines is 2. The van der Waals surface area contributed by atoms with Gasteiger partial charge >= 0.3 is 18.3 Å². The van der Waals surface area contributed by atoms with E-state index in [1.165, 1.54) is 6.33 Å². The van der Waals surface area contributed by atoms with Gasteiger partial charge in [0.1, 0.15) is 23.3 Å². The highest BCUT2D eigenvalue weighted by atomic mass is 35.5. The summed E-state index contributed by atoms with van der Waals surface area (Å²) < 4.78 is 60.7. The van der Waals surface area contributed by atoms with Gasteiger partial charge in [-0.3, -0.25) is 0 Å². The third-order valence-electron chi connectivity index (χ3n) is 8.02. The van der Waals surface area contributed by atoms with Gasteiger partial charge in [-0.1, -0.05) is 24.6 Å².